The normalized spacial score (nSPS) is 14.9. The second-order valence-corrected chi connectivity index (χ2v) is 11.2. The minimum absolute atomic E-state index is 0.255. The van der Waals surface area contributed by atoms with Gasteiger partial charge in [-0.05, 0) is 109 Å². The van der Waals surface area contributed by atoms with Crippen LogP contribution in [0.5, 0.6) is 0 Å². The number of hydrogen-bond acceptors (Lipinski definition) is 4. The average molecular weight is 547 g/mol. The molecule has 1 aliphatic carbocycles. The molecule has 0 radical (unpaired) electrons. The Balaban J connectivity index is 1.23. The van der Waals surface area contributed by atoms with Gasteiger partial charge in [-0.15, -0.1) is 0 Å². The first-order valence-corrected chi connectivity index (χ1v) is 14.3. The van der Waals surface area contributed by atoms with Crippen molar-refractivity contribution in [3.63, 3.8) is 0 Å². The van der Waals surface area contributed by atoms with Gasteiger partial charge in [0.25, 0.3) is 0 Å². The predicted molar refractivity (Wildman–Crippen MR) is 165 cm³/mol. The smallest absolute Gasteiger partial charge is 0.138 e. The molecule has 1 fully saturated rings. The molecule has 41 heavy (non-hydrogen) atoms. The van der Waals surface area contributed by atoms with E-state index in [0.29, 0.717) is 5.65 Å². The van der Waals surface area contributed by atoms with Crippen molar-refractivity contribution >= 4 is 29.3 Å². The van der Waals surface area contributed by atoms with Crippen LogP contribution in [0.15, 0.2) is 61.1 Å². The number of halogens is 1. The van der Waals surface area contributed by atoms with Crippen LogP contribution < -0.4 is 15.9 Å². The van der Waals surface area contributed by atoms with Crippen LogP contribution in [0.1, 0.15) is 49.3 Å². The van der Waals surface area contributed by atoms with E-state index in [1.807, 2.05) is 43.6 Å². The van der Waals surface area contributed by atoms with E-state index in [-0.39, 0.29) is 5.82 Å². The molecule has 4 aromatic heterocycles. The zero-order chi connectivity index (χ0) is 28.3. The van der Waals surface area contributed by atoms with E-state index in [1.54, 1.807) is 12.3 Å². The highest BCUT2D eigenvalue weighted by atomic mass is 19.1. The Bertz CT molecular complexity index is 1820. The molecule has 5 aromatic rings. The van der Waals surface area contributed by atoms with Crippen LogP contribution in [0.4, 0.5) is 4.39 Å². The molecule has 3 N–H and O–H groups in total. The lowest BCUT2D eigenvalue weighted by Crippen LogP contribution is -2.21. The van der Waals surface area contributed by atoms with Gasteiger partial charge in [0.2, 0.25) is 0 Å². The Kier molecular flexibility index (Phi) is 7.61. The third-order valence-corrected chi connectivity index (χ3v) is 8.03. The molecule has 0 amide bonds. The van der Waals surface area contributed by atoms with Gasteiger partial charge in [-0.3, -0.25) is 10.1 Å². The highest BCUT2D eigenvalue weighted by Gasteiger charge is 2.15. The molecule has 6 nitrogen and oxygen atoms in total. The van der Waals surface area contributed by atoms with Crippen molar-refractivity contribution in [1.29, 1.82) is 0 Å². The topological polar surface area (TPSA) is 82.3 Å². The minimum atomic E-state index is -0.255. The summed E-state index contributed by atoms with van der Waals surface area (Å²) in [5.41, 5.74) is 8.23. The number of nitrogens with one attached hydrogen (secondary N) is 3. The number of fused-ring (bicyclic) bond motifs is 1. The molecule has 0 atom stereocenters. The van der Waals surface area contributed by atoms with Crippen LogP contribution in [0.25, 0.3) is 51.8 Å². The molecule has 0 spiro atoms. The van der Waals surface area contributed by atoms with E-state index >= 15 is 0 Å². The Hall–Kier alpha value is -4.36. The molecule has 208 valence electrons. The number of pyridine rings is 2. The van der Waals surface area contributed by atoms with Gasteiger partial charge < -0.3 is 10.3 Å². The van der Waals surface area contributed by atoms with Gasteiger partial charge in [-0.25, -0.2) is 9.37 Å². The Morgan fingerprint density at radius 2 is 2.00 bits per heavy atom. The summed E-state index contributed by atoms with van der Waals surface area (Å²) in [5, 5.41) is 13.8. The molecule has 7 heteroatoms. The molecule has 0 unspecified atom stereocenters. The van der Waals surface area contributed by atoms with Crippen LogP contribution in [0, 0.1) is 18.7 Å². The van der Waals surface area contributed by atoms with E-state index < -0.39 is 0 Å². The van der Waals surface area contributed by atoms with E-state index in [2.05, 4.69) is 56.1 Å². The molecule has 6 rings (SSSR count). The van der Waals surface area contributed by atoms with E-state index in [9.17, 15) is 4.39 Å². The van der Waals surface area contributed by atoms with E-state index in [0.717, 1.165) is 74.2 Å². The molecule has 0 saturated heterocycles. The summed E-state index contributed by atoms with van der Waals surface area (Å²) >= 11 is 0. The standard InChI is InChI=1S/C34H35FN6/c1-21-12-26(15-28(35)13-21)29-10-11-38-34-30(29)16-32(39-34)33-23(3)31(40-41-33)9-8-22(2)27-14-25(19-37-20-27)18-36-17-24-6-4-5-7-24/h8-16,19-20,24,36,40H,3-7,17-18H2,1-2H3,(H,38,39)/b22-8+,31-9+. The van der Waals surface area contributed by atoms with Gasteiger partial charge in [0.15, 0.2) is 0 Å². The SMILES string of the molecule is C=c1c(-c2cc3c(-c4cc(C)cc(F)c4)ccnc3[nH]2)n[nH]/c1=C/C=C(\C)c1cncc(CNCC2CCCC2)c1. The fourth-order valence-corrected chi connectivity index (χ4v) is 5.78. The predicted octanol–water partition coefficient (Wildman–Crippen LogP) is 6.04. The van der Waals surface area contributed by atoms with Crippen molar-refractivity contribution in [3.8, 4) is 22.5 Å². The van der Waals surface area contributed by atoms with Gasteiger partial charge in [-0.1, -0.05) is 31.6 Å². The Labute approximate surface area is 239 Å². The number of allylic oxidation sites excluding steroid dienone is 2. The summed E-state index contributed by atoms with van der Waals surface area (Å²) < 4.78 is 14.1. The van der Waals surface area contributed by atoms with Gasteiger partial charge in [0.1, 0.15) is 17.2 Å². The zero-order valence-corrected chi connectivity index (χ0v) is 23.6. The van der Waals surface area contributed by atoms with Crippen LogP contribution >= 0.6 is 0 Å². The first-order valence-electron chi connectivity index (χ1n) is 14.3. The minimum Gasteiger partial charge on any atom is -0.338 e. The van der Waals surface area contributed by atoms with Gasteiger partial charge in [-0.2, -0.15) is 5.10 Å². The maximum Gasteiger partial charge on any atom is 0.138 e. The lowest BCUT2D eigenvalue weighted by molar-refractivity contribution is 0.489. The van der Waals surface area contributed by atoms with Crippen molar-refractivity contribution in [2.24, 2.45) is 5.92 Å². The van der Waals surface area contributed by atoms with Crippen LogP contribution in [-0.4, -0.2) is 31.7 Å². The lowest BCUT2D eigenvalue weighted by Gasteiger charge is -2.11. The van der Waals surface area contributed by atoms with Gasteiger partial charge >= 0.3 is 0 Å². The molecule has 0 aliphatic heterocycles. The Morgan fingerprint density at radius 1 is 1.15 bits per heavy atom. The van der Waals surface area contributed by atoms with Crippen molar-refractivity contribution in [3.05, 3.63) is 94.1 Å². The summed E-state index contributed by atoms with van der Waals surface area (Å²) in [6.07, 6.45) is 15.1. The molecule has 1 aliphatic rings. The maximum atomic E-state index is 14.1. The summed E-state index contributed by atoms with van der Waals surface area (Å²) in [7, 11) is 0. The monoisotopic (exact) mass is 546 g/mol. The molecular weight excluding hydrogens is 511 g/mol. The number of rotatable bonds is 8. The number of hydrogen-bond donors (Lipinski definition) is 3. The first-order chi connectivity index (χ1) is 19.9. The number of H-pyrrole nitrogens is 2. The van der Waals surface area contributed by atoms with Crippen molar-refractivity contribution < 1.29 is 4.39 Å². The number of aryl methyl sites for hydroxylation is 1. The average Bonchev–Trinajstić information content (AvgIpc) is 3.71. The van der Waals surface area contributed by atoms with E-state index in [1.165, 1.54) is 37.3 Å². The third-order valence-electron chi connectivity index (χ3n) is 8.03. The summed E-state index contributed by atoms with van der Waals surface area (Å²) in [4.78, 5) is 12.3. The van der Waals surface area contributed by atoms with Crippen LogP contribution in [-0.2, 0) is 6.54 Å². The maximum absolute atomic E-state index is 14.1. The molecule has 1 aromatic carbocycles. The fraction of sp³-hybridized carbons (Fsp3) is 0.265. The second-order valence-electron chi connectivity index (χ2n) is 11.2. The van der Waals surface area contributed by atoms with Gasteiger partial charge in [0, 0.05) is 35.7 Å². The highest BCUT2D eigenvalue weighted by Crippen LogP contribution is 2.31. The van der Waals surface area contributed by atoms with Crippen molar-refractivity contribution in [2.45, 2.75) is 46.1 Å². The second kappa shape index (κ2) is 11.6. The largest absolute Gasteiger partial charge is 0.338 e. The summed E-state index contributed by atoms with van der Waals surface area (Å²) in [6, 6.07) is 11.2. The molecular formula is C34H35FN6. The number of aromatic amines is 2. The van der Waals surface area contributed by atoms with Crippen molar-refractivity contribution in [2.75, 3.05) is 6.54 Å². The molecule has 0 bridgehead atoms. The van der Waals surface area contributed by atoms with Crippen LogP contribution in [0.2, 0.25) is 0 Å². The Morgan fingerprint density at radius 3 is 2.83 bits per heavy atom. The van der Waals surface area contributed by atoms with Crippen LogP contribution in [0.3, 0.4) is 0 Å². The highest BCUT2D eigenvalue weighted by molar-refractivity contribution is 5.96. The van der Waals surface area contributed by atoms with Gasteiger partial charge in [0.05, 0.1) is 11.0 Å². The number of nitrogens with zero attached hydrogens (tertiary/aromatic N) is 3. The summed E-state index contributed by atoms with van der Waals surface area (Å²) in [5.74, 6) is 0.564. The zero-order valence-electron chi connectivity index (χ0n) is 23.6. The molecule has 4 heterocycles. The van der Waals surface area contributed by atoms with Crippen molar-refractivity contribution in [1.82, 2.24) is 30.5 Å². The first kappa shape index (κ1) is 26.8. The number of benzene rings is 1. The quantitative estimate of drug-likeness (QED) is 0.222. The van der Waals surface area contributed by atoms with E-state index in [4.69, 9.17) is 0 Å². The molecule has 1 saturated carbocycles. The fourth-order valence-electron chi connectivity index (χ4n) is 5.78. The number of aromatic nitrogens is 5. The summed E-state index contributed by atoms with van der Waals surface area (Å²) in [6.45, 7) is 10.2. The lowest BCUT2D eigenvalue weighted by atomic mass is 10.0. The third kappa shape index (κ3) is 5.91.